The Morgan fingerprint density at radius 2 is 2.17 bits per heavy atom. The van der Waals surface area contributed by atoms with Gasteiger partial charge in [-0.05, 0) is 49.8 Å². The van der Waals surface area contributed by atoms with Crippen LogP contribution in [-0.4, -0.2) is 43.4 Å². The summed E-state index contributed by atoms with van der Waals surface area (Å²) < 4.78 is 5.37. The van der Waals surface area contributed by atoms with Gasteiger partial charge < -0.3 is 20.5 Å². The molecule has 0 bridgehead atoms. The number of rotatable bonds is 7. The molecule has 1 aromatic rings. The maximum Gasteiger partial charge on any atom is 0.238 e. The highest BCUT2D eigenvalue weighted by atomic mass is 35.5. The van der Waals surface area contributed by atoms with E-state index in [1.165, 1.54) is 0 Å². The third-order valence-electron chi connectivity index (χ3n) is 4.20. The molecule has 1 atom stereocenters. The zero-order chi connectivity index (χ0) is 16.7. The zero-order valence-electron chi connectivity index (χ0n) is 13.5. The molecule has 0 unspecified atom stereocenters. The Hall–Kier alpha value is -1.14. The molecule has 0 saturated carbocycles. The summed E-state index contributed by atoms with van der Waals surface area (Å²) in [5.74, 6) is 0.303. The molecule has 128 valence electrons. The minimum absolute atomic E-state index is 0.112. The first-order valence-electron chi connectivity index (χ1n) is 8.08. The van der Waals surface area contributed by atoms with Gasteiger partial charge in [-0.2, -0.15) is 0 Å². The lowest BCUT2D eigenvalue weighted by Crippen LogP contribution is -2.43. The summed E-state index contributed by atoms with van der Waals surface area (Å²) in [5.41, 5.74) is 1.67. The highest BCUT2D eigenvalue weighted by molar-refractivity contribution is 6.33. The van der Waals surface area contributed by atoms with Crippen molar-refractivity contribution in [2.45, 2.75) is 32.2 Å². The summed E-state index contributed by atoms with van der Waals surface area (Å²) in [6.45, 7) is 3.76. The molecule has 1 aliphatic rings. The lowest BCUT2D eigenvalue weighted by atomic mass is 9.90. The van der Waals surface area contributed by atoms with Crippen LogP contribution in [-0.2, 0) is 9.53 Å². The molecule has 1 saturated heterocycles. The second kappa shape index (κ2) is 9.23. The molecule has 1 heterocycles. The molecular weight excluding hydrogens is 316 g/mol. The van der Waals surface area contributed by atoms with E-state index in [4.69, 9.17) is 16.3 Å². The molecule has 1 aromatic carbocycles. The fourth-order valence-electron chi connectivity index (χ4n) is 2.90. The smallest absolute Gasteiger partial charge is 0.238 e. The molecule has 6 heteroatoms. The summed E-state index contributed by atoms with van der Waals surface area (Å²) in [6, 6.07) is 5.66. The van der Waals surface area contributed by atoms with Crippen molar-refractivity contribution in [1.29, 1.82) is 0 Å². The van der Waals surface area contributed by atoms with E-state index in [9.17, 15) is 9.90 Å². The average molecular weight is 341 g/mol. The van der Waals surface area contributed by atoms with Crippen LogP contribution >= 0.6 is 11.6 Å². The van der Waals surface area contributed by atoms with Gasteiger partial charge in [0.05, 0.1) is 17.3 Å². The van der Waals surface area contributed by atoms with Crippen LogP contribution in [0.5, 0.6) is 0 Å². The number of ether oxygens (including phenoxy) is 1. The molecule has 0 aliphatic carbocycles. The Morgan fingerprint density at radius 3 is 2.83 bits per heavy atom. The van der Waals surface area contributed by atoms with Gasteiger partial charge in [-0.1, -0.05) is 17.7 Å². The van der Waals surface area contributed by atoms with Crippen LogP contribution in [0, 0.1) is 12.8 Å². The Labute approximate surface area is 142 Å². The molecule has 23 heavy (non-hydrogen) atoms. The van der Waals surface area contributed by atoms with Gasteiger partial charge in [-0.3, -0.25) is 4.79 Å². The fraction of sp³-hybridized carbons (Fsp3) is 0.588. The normalized spacial score (nSPS) is 17.0. The number of aliphatic hydroxyl groups excluding tert-OH is 1. The van der Waals surface area contributed by atoms with Crippen molar-refractivity contribution in [3.8, 4) is 0 Å². The van der Waals surface area contributed by atoms with E-state index in [2.05, 4.69) is 10.6 Å². The predicted molar refractivity (Wildman–Crippen MR) is 91.9 cm³/mol. The van der Waals surface area contributed by atoms with Gasteiger partial charge in [0, 0.05) is 25.9 Å². The highest BCUT2D eigenvalue weighted by Gasteiger charge is 2.23. The van der Waals surface area contributed by atoms with Gasteiger partial charge in [0.25, 0.3) is 0 Å². The van der Waals surface area contributed by atoms with E-state index < -0.39 is 0 Å². The largest absolute Gasteiger partial charge is 0.396 e. The minimum atomic E-state index is -0.134. The molecule has 0 aromatic heterocycles. The average Bonchev–Trinajstić information content (AvgIpc) is 2.55. The van der Waals surface area contributed by atoms with Gasteiger partial charge in [0.1, 0.15) is 0 Å². The molecule has 3 N–H and O–H groups in total. The number of halogens is 1. The molecule has 2 rings (SSSR count). The first-order chi connectivity index (χ1) is 11.1. The van der Waals surface area contributed by atoms with Crippen LogP contribution < -0.4 is 10.6 Å². The van der Waals surface area contributed by atoms with Crippen LogP contribution in [0.15, 0.2) is 18.2 Å². The van der Waals surface area contributed by atoms with Crippen molar-refractivity contribution < 1.29 is 14.6 Å². The molecular formula is C17H25ClN2O3. The maximum absolute atomic E-state index is 12.1. The Morgan fingerprint density at radius 1 is 1.43 bits per heavy atom. The third-order valence-corrected chi connectivity index (χ3v) is 4.51. The van der Waals surface area contributed by atoms with Gasteiger partial charge in [-0.25, -0.2) is 0 Å². The zero-order valence-corrected chi connectivity index (χ0v) is 14.2. The van der Waals surface area contributed by atoms with Crippen LogP contribution in [0.2, 0.25) is 5.02 Å². The number of amides is 1. The fourth-order valence-corrected chi connectivity index (χ4v) is 3.18. The Bertz CT molecular complexity index is 519. The number of aliphatic hydroxyl groups is 1. The SMILES string of the molecule is Cc1ccc(NC(=O)CN[C@H](CCO)C2CCOCC2)c(Cl)c1. The van der Waals surface area contributed by atoms with Crippen molar-refractivity contribution in [1.82, 2.24) is 5.32 Å². The number of carbonyl (C=O) groups is 1. The number of carbonyl (C=O) groups excluding carboxylic acids is 1. The molecule has 1 amide bonds. The molecule has 1 fully saturated rings. The lowest BCUT2D eigenvalue weighted by molar-refractivity contribution is -0.115. The number of anilines is 1. The van der Waals surface area contributed by atoms with E-state index in [1.807, 2.05) is 19.1 Å². The van der Waals surface area contributed by atoms with E-state index in [0.717, 1.165) is 31.6 Å². The van der Waals surface area contributed by atoms with Crippen molar-refractivity contribution in [3.05, 3.63) is 28.8 Å². The van der Waals surface area contributed by atoms with Gasteiger partial charge in [0.15, 0.2) is 0 Å². The van der Waals surface area contributed by atoms with E-state index in [0.29, 0.717) is 23.0 Å². The van der Waals surface area contributed by atoms with Gasteiger partial charge in [-0.15, -0.1) is 0 Å². The van der Waals surface area contributed by atoms with Crippen LogP contribution in [0.3, 0.4) is 0 Å². The predicted octanol–water partition coefficient (Wildman–Crippen LogP) is 2.35. The quantitative estimate of drug-likeness (QED) is 0.712. The van der Waals surface area contributed by atoms with Crippen LogP contribution in [0.1, 0.15) is 24.8 Å². The van der Waals surface area contributed by atoms with Crippen molar-refractivity contribution in [2.75, 3.05) is 31.7 Å². The highest BCUT2D eigenvalue weighted by Crippen LogP contribution is 2.23. The Kier molecular flexibility index (Phi) is 7.30. The topological polar surface area (TPSA) is 70.6 Å². The lowest BCUT2D eigenvalue weighted by Gasteiger charge is -2.30. The molecule has 5 nitrogen and oxygen atoms in total. The summed E-state index contributed by atoms with van der Waals surface area (Å²) in [5, 5.41) is 15.9. The third kappa shape index (κ3) is 5.77. The second-order valence-corrected chi connectivity index (χ2v) is 6.39. The number of aryl methyl sites for hydroxylation is 1. The number of nitrogens with one attached hydrogen (secondary N) is 2. The number of hydrogen-bond donors (Lipinski definition) is 3. The number of hydrogen-bond acceptors (Lipinski definition) is 4. The Balaban J connectivity index is 1.85. The number of benzene rings is 1. The maximum atomic E-state index is 12.1. The van der Waals surface area contributed by atoms with Gasteiger partial charge in [0.2, 0.25) is 5.91 Å². The molecule has 0 radical (unpaired) electrons. The standard InChI is InChI=1S/C17H25ClN2O3/c1-12-2-3-16(14(18)10-12)20-17(22)11-19-15(4-7-21)13-5-8-23-9-6-13/h2-3,10,13,15,19,21H,4-9,11H2,1H3,(H,20,22)/t15-/m1/s1. The summed E-state index contributed by atoms with van der Waals surface area (Å²) >= 11 is 6.13. The summed E-state index contributed by atoms with van der Waals surface area (Å²) in [4.78, 5) is 12.1. The van der Waals surface area contributed by atoms with Crippen molar-refractivity contribution in [2.24, 2.45) is 5.92 Å². The van der Waals surface area contributed by atoms with Crippen molar-refractivity contribution >= 4 is 23.2 Å². The van der Waals surface area contributed by atoms with Crippen molar-refractivity contribution in [3.63, 3.8) is 0 Å². The molecule has 0 spiro atoms. The van der Waals surface area contributed by atoms with E-state index >= 15 is 0 Å². The molecule has 1 aliphatic heterocycles. The summed E-state index contributed by atoms with van der Waals surface area (Å²) in [7, 11) is 0. The second-order valence-electron chi connectivity index (χ2n) is 5.98. The first-order valence-corrected chi connectivity index (χ1v) is 8.46. The first kappa shape index (κ1) is 18.2. The van der Waals surface area contributed by atoms with E-state index in [-0.39, 0.29) is 25.1 Å². The van der Waals surface area contributed by atoms with E-state index in [1.54, 1.807) is 6.07 Å². The monoisotopic (exact) mass is 340 g/mol. The van der Waals surface area contributed by atoms with Crippen LogP contribution in [0.25, 0.3) is 0 Å². The van der Waals surface area contributed by atoms with Crippen LogP contribution in [0.4, 0.5) is 5.69 Å². The minimum Gasteiger partial charge on any atom is -0.396 e. The van der Waals surface area contributed by atoms with Gasteiger partial charge >= 0.3 is 0 Å². The summed E-state index contributed by atoms with van der Waals surface area (Å²) in [6.07, 6.45) is 2.56.